The van der Waals surface area contributed by atoms with E-state index in [0.717, 1.165) is 51.3 Å². The van der Waals surface area contributed by atoms with Crippen molar-refractivity contribution in [3.05, 3.63) is 108 Å². The number of rotatable bonds is 0. The van der Waals surface area contributed by atoms with Gasteiger partial charge in [0.2, 0.25) is 0 Å². The Bertz CT molecular complexity index is 2070. The van der Waals surface area contributed by atoms with Crippen LogP contribution in [0.5, 0.6) is 0 Å². The summed E-state index contributed by atoms with van der Waals surface area (Å²) >= 11 is 0. The van der Waals surface area contributed by atoms with E-state index in [4.69, 9.17) is 9.97 Å². The first-order valence-corrected chi connectivity index (χ1v) is 12.0. The van der Waals surface area contributed by atoms with Crippen LogP contribution in [0.15, 0.2) is 85.3 Å². The molecule has 0 N–H and O–H groups in total. The van der Waals surface area contributed by atoms with Crippen LogP contribution in [0.25, 0.3) is 60.7 Å². The highest BCUT2D eigenvalue weighted by molar-refractivity contribution is 6.12. The van der Waals surface area contributed by atoms with Gasteiger partial charge in [-0.05, 0) is 75.2 Å². The third kappa shape index (κ3) is 2.11. The smallest absolute Gasteiger partial charge is 0.146 e. The largest absolute Gasteiger partial charge is 0.290 e. The molecule has 162 valence electrons. The summed E-state index contributed by atoms with van der Waals surface area (Å²) in [6.45, 7) is 0. The summed E-state index contributed by atoms with van der Waals surface area (Å²) in [5.74, 6) is 0. The first kappa shape index (κ1) is 17.8. The lowest BCUT2D eigenvalue weighted by atomic mass is 9.94. The van der Waals surface area contributed by atoms with Gasteiger partial charge in [-0.3, -0.25) is 14.4 Å². The Hall–Kier alpha value is -4.57. The number of hydrogen-bond donors (Lipinski definition) is 0. The highest BCUT2D eigenvalue weighted by Gasteiger charge is 2.30. The summed E-state index contributed by atoms with van der Waals surface area (Å²) in [6, 6.07) is 24.3. The van der Waals surface area contributed by atoms with E-state index < -0.39 is 0 Å². The van der Waals surface area contributed by atoms with Crippen molar-refractivity contribution in [3.63, 3.8) is 0 Å². The summed E-state index contributed by atoms with van der Waals surface area (Å²) in [5.41, 5.74) is 16.4. The van der Waals surface area contributed by atoms with Gasteiger partial charge < -0.3 is 0 Å². The Balaban J connectivity index is 1.42. The fourth-order valence-corrected chi connectivity index (χ4v) is 6.51. The molecule has 4 heterocycles. The van der Waals surface area contributed by atoms with Crippen LogP contribution in [-0.2, 0) is 12.8 Å². The molecule has 4 aromatic heterocycles. The Morgan fingerprint density at radius 1 is 0.629 bits per heavy atom. The summed E-state index contributed by atoms with van der Waals surface area (Å²) < 4.78 is 2.28. The molecule has 4 nitrogen and oxygen atoms in total. The average molecular weight is 447 g/mol. The molecule has 3 aromatic carbocycles. The van der Waals surface area contributed by atoms with Crippen LogP contribution in [0.4, 0.5) is 0 Å². The van der Waals surface area contributed by atoms with Crippen molar-refractivity contribution in [2.45, 2.75) is 12.8 Å². The van der Waals surface area contributed by atoms with Crippen molar-refractivity contribution >= 4 is 38.5 Å². The first-order chi connectivity index (χ1) is 17.4. The van der Waals surface area contributed by atoms with Gasteiger partial charge in [-0.25, -0.2) is 4.98 Å². The third-order valence-corrected chi connectivity index (χ3v) is 7.96. The quantitative estimate of drug-likeness (QED) is 0.243. The molecule has 0 amide bonds. The van der Waals surface area contributed by atoms with E-state index in [1.165, 1.54) is 44.5 Å². The van der Waals surface area contributed by atoms with Crippen molar-refractivity contribution in [1.29, 1.82) is 0 Å². The molecule has 0 fully saturated rings. The van der Waals surface area contributed by atoms with Crippen LogP contribution >= 0.6 is 0 Å². The maximum absolute atomic E-state index is 5.29. The van der Waals surface area contributed by atoms with Crippen LogP contribution in [0.3, 0.4) is 0 Å². The Morgan fingerprint density at radius 3 is 2.46 bits per heavy atom. The second kappa shape index (κ2) is 6.10. The molecular formula is C31H18N4. The highest BCUT2D eigenvalue weighted by Crippen LogP contribution is 2.50. The molecule has 0 bridgehead atoms. The summed E-state index contributed by atoms with van der Waals surface area (Å²) in [5, 5.41) is 2.13. The SMILES string of the molecule is c1ccc2c(c1)Cc1ccc3c(c1-2)-c1ccc2c(nc4c5ccncc5c5ncccc5n24)c1C3. The summed E-state index contributed by atoms with van der Waals surface area (Å²) in [7, 11) is 0. The molecule has 35 heavy (non-hydrogen) atoms. The molecular weight excluding hydrogens is 428 g/mol. The van der Waals surface area contributed by atoms with E-state index in [1.807, 2.05) is 24.7 Å². The normalized spacial score (nSPS) is 13.5. The zero-order valence-electron chi connectivity index (χ0n) is 18.8. The molecule has 0 saturated heterocycles. The van der Waals surface area contributed by atoms with Gasteiger partial charge in [-0.15, -0.1) is 0 Å². The van der Waals surface area contributed by atoms with Gasteiger partial charge in [0.05, 0.1) is 22.1 Å². The molecule has 4 heteroatoms. The standard InChI is InChI=1S/C31H18N4/c1-2-5-20-17(4-1)14-18-7-8-19-15-23-21(28(19)27(18)20)9-10-26-30(23)34-31-22-11-13-32-16-24(22)29-25(35(26)31)6-3-12-33-29/h1-13,16H,14-15H2. The van der Waals surface area contributed by atoms with Gasteiger partial charge in [0, 0.05) is 35.8 Å². The Kier molecular flexibility index (Phi) is 3.11. The number of nitrogens with zero attached hydrogens (tertiary/aromatic N) is 4. The number of hydrogen-bond acceptors (Lipinski definition) is 3. The second-order valence-electron chi connectivity index (χ2n) is 9.67. The molecule has 0 radical (unpaired) electrons. The van der Waals surface area contributed by atoms with E-state index in [9.17, 15) is 0 Å². The fourth-order valence-electron chi connectivity index (χ4n) is 6.51. The lowest BCUT2D eigenvalue weighted by Crippen LogP contribution is -1.93. The second-order valence-corrected chi connectivity index (χ2v) is 9.67. The Morgan fingerprint density at radius 2 is 1.49 bits per heavy atom. The molecule has 0 atom stereocenters. The van der Waals surface area contributed by atoms with Crippen molar-refractivity contribution in [2.24, 2.45) is 0 Å². The molecule has 9 rings (SSSR count). The number of benzene rings is 3. The molecule has 7 aromatic rings. The number of aromatic nitrogens is 4. The lowest BCUT2D eigenvalue weighted by Gasteiger charge is -2.10. The van der Waals surface area contributed by atoms with Gasteiger partial charge in [0.1, 0.15) is 5.65 Å². The maximum Gasteiger partial charge on any atom is 0.146 e. The minimum atomic E-state index is 0.914. The topological polar surface area (TPSA) is 43.1 Å². The van der Waals surface area contributed by atoms with Crippen LogP contribution < -0.4 is 0 Å². The minimum absolute atomic E-state index is 0.914. The monoisotopic (exact) mass is 446 g/mol. The van der Waals surface area contributed by atoms with Gasteiger partial charge in [-0.2, -0.15) is 0 Å². The Labute approximate surface area is 200 Å². The molecule has 0 aliphatic heterocycles. The number of pyridine rings is 3. The lowest BCUT2D eigenvalue weighted by molar-refractivity contribution is 1.24. The van der Waals surface area contributed by atoms with Crippen LogP contribution in [-0.4, -0.2) is 19.4 Å². The zero-order chi connectivity index (χ0) is 22.7. The predicted octanol–water partition coefficient (Wildman–Crippen LogP) is 6.73. The van der Waals surface area contributed by atoms with Crippen LogP contribution in [0.2, 0.25) is 0 Å². The van der Waals surface area contributed by atoms with Crippen molar-refractivity contribution in [1.82, 2.24) is 19.4 Å². The molecule has 0 unspecified atom stereocenters. The molecule has 2 aliphatic rings. The minimum Gasteiger partial charge on any atom is -0.290 e. The summed E-state index contributed by atoms with van der Waals surface area (Å²) in [6.07, 6.45) is 7.54. The van der Waals surface area contributed by atoms with Gasteiger partial charge in [-0.1, -0.05) is 42.5 Å². The number of imidazole rings is 1. The first-order valence-electron chi connectivity index (χ1n) is 12.0. The average Bonchev–Trinajstić information content (AvgIpc) is 3.59. The van der Waals surface area contributed by atoms with Crippen molar-refractivity contribution < 1.29 is 0 Å². The van der Waals surface area contributed by atoms with E-state index in [1.54, 1.807) is 0 Å². The third-order valence-electron chi connectivity index (χ3n) is 7.96. The molecule has 0 saturated carbocycles. The van der Waals surface area contributed by atoms with Crippen molar-refractivity contribution in [2.75, 3.05) is 0 Å². The highest BCUT2D eigenvalue weighted by atomic mass is 15.0. The predicted molar refractivity (Wildman–Crippen MR) is 140 cm³/mol. The number of fused-ring (bicyclic) bond motifs is 16. The van der Waals surface area contributed by atoms with E-state index >= 15 is 0 Å². The van der Waals surface area contributed by atoms with Gasteiger partial charge >= 0.3 is 0 Å². The summed E-state index contributed by atoms with van der Waals surface area (Å²) in [4.78, 5) is 14.4. The van der Waals surface area contributed by atoms with Crippen molar-refractivity contribution in [3.8, 4) is 22.3 Å². The van der Waals surface area contributed by atoms with E-state index in [-0.39, 0.29) is 0 Å². The van der Waals surface area contributed by atoms with Gasteiger partial charge in [0.25, 0.3) is 0 Å². The maximum atomic E-state index is 5.29. The fraction of sp³-hybridized carbons (Fsp3) is 0.0645. The van der Waals surface area contributed by atoms with Gasteiger partial charge in [0.15, 0.2) is 0 Å². The van der Waals surface area contributed by atoms with Crippen LogP contribution in [0.1, 0.15) is 22.3 Å². The molecule has 0 spiro atoms. The zero-order valence-corrected chi connectivity index (χ0v) is 18.8. The van der Waals surface area contributed by atoms with Crippen LogP contribution in [0, 0.1) is 0 Å². The van der Waals surface area contributed by atoms with E-state index in [2.05, 4.69) is 70.0 Å². The van der Waals surface area contributed by atoms with E-state index in [0.29, 0.717) is 0 Å². The molecule has 2 aliphatic carbocycles.